The fourth-order valence-electron chi connectivity index (χ4n) is 4.63. The van der Waals surface area contributed by atoms with Gasteiger partial charge in [0.25, 0.3) is 0 Å². The maximum Gasteiger partial charge on any atom is 0.137 e. The van der Waals surface area contributed by atoms with E-state index in [9.17, 15) is 0 Å². The van der Waals surface area contributed by atoms with E-state index in [1.165, 1.54) is 43.1 Å². The fraction of sp³-hybridized carbons (Fsp3) is 0. The molecular weight excluding hydrogens is 342 g/mol. The molecule has 2 aromatic heterocycles. The van der Waals surface area contributed by atoms with Gasteiger partial charge >= 0.3 is 0 Å². The molecule has 2 nitrogen and oxygen atoms in total. The minimum absolute atomic E-state index is 0.925. The van der Waals surface area contributed by atoms with E-state index < -0.39 is 0 Å². The van der Waals surface area contributed by atoms with Crippen LogP contribution in [0.5, 0.6) is 0 Å². The molecule has 0 aliphatic rings. The van der Waals surface area contributed by atoms with E-state index >= 15 is 0 Å². The first-order chi connectivity index (χ1) is 13.8. The number of hydrogen-bond donors (Lipinski definition) is 1. The summed E-state index contributed by atoms with van der Waals surface area (Å²) in [5.41, 5.74) is 4.14. The normalized spacial score (nSPS) is 12.3. The van der Waals surface area contributed by atoms with Crippen LogP contribution in [0.1, 0.15) is 0 Å². The first kappa shape index (κ1) is 14.3. The van der Waals surface area contributed by atoms with Gasteiger partial charge in [0.05, 0.1) is 5.52 Å². The monoisotopic (exact) mass is 357 g/mol. The minimum Gasteiger partial charge on any atom is -0.456 e. The summed E-state index contributed by atoms with van der Waals surface area (Å²) in [4.78, 5) is 3.58. The molecule has 130 valence electrons. The Hall–Kier alpha value is -3.78. The number of hydrogen-bond acceptors (Lipinski definition) is 1. The van der Waals surface area contributed by atoms with Crippen molar-refractivity contribution in [2.75, 3.05) is 0 Å². The van der Waals surface area contributed by atoms with E-state index in [-0.39, 0.29) is 0 Å². The molecule has 0 fully saturated rings. The maximum absolute atomic E-state index is 6.23. The Kier molecular flexibility index (Phi) is 2.52. The topological polar surface area (TPSA) is 28.9 Å². The lowest BCUT2D eigenvalue weighted by Gasteiger charge is -2.00. The summed E-state index contributed by atoms with van der Waals surface area (Å²) in [5, 5.41) is 9.86. The van der Waals surface area contributed by atoms with Crippen molar-refractivity contribution in [3.05, 3.63) is 84.9 Å². The van der Waals surface area contributed by atoms with Crippen molar-refractivity contribution >= 4 is 65.3 Å². The summed E-state index contributed by atoms with van der Waals surface area (Å²) in [7, 11) is 0. The zero-order valence-electron chi connectivity index (χ0n) is 15.0. The predicted molar refractivity (Wildman–Crippen MR) is 118 cm³/mol. The van der Waals surface area contributed by atoms with Gasteiger partial charge in [-0.1, -0.05) is 54.6 Å². The highest BCUT2D eigenvalue weighted by atomic mass is 16.3. The van der Waals surface area contributed by atoms with Crippen molar-refractivity contribution in [1.29, 1.82) is 0 Å². The summed E-state index contributed by atoms with van der Waals surface area (Å²) in [6, 6.07) is 30.2. The standard InChI is InChI=1S/C26H15NO/c1-2-7-17-12-24-19(11-16(17)6-1)20-13-21-23(14-25(20)28-24)27-22-10-9-15-5-3-4-8-18(15)26(21)22/h1-14,27H. The van der Waals surface area contributed by atoms with Crippen LogP contribution in [0.2, 0.25) is 0 Å². The van der Waals surface area contributed by atoms with Gasteiger partial charge in [-0.15, -0.1) is 0 Å². The van der Waals surface area contributed by atoms with Gasteiger partial charge < -0.3 is 9.40 Å². The number of nitrogens with one attached hydrogen (secondary N) is 1. The average Bonchev–Trinajstić information content (AvgIpc) is 3.27. The molecule has 0 saturated heterocycles. The van der Waals surface area contributed by atoms with Crippen LogP contribution in [0.3, 0.4) is 0 Å². The lowest BCUT2D eigenvalue weighted by Crippen LogP contribution is -1.74. The van der Waals surface area contributed by atoms with Crippen molar-refractivity contribution < 1.29 is 4.42 Å². The van der Waals surface area contributed by atoms with Crippen molar-refractivity contribution in [2.45, 2.75) is 0 Å². The second-order valence-electron chi connectivity index (χ2n) is 7.53. The van der Waals surface area contributed by atoms with Gasteiger partial charge in [0.1, 0.15) is 11.2 Å². The Morgan fingerprint density at radius 1 is 0.500 bits per heavy atom. The van der Waals surface area contributed by atoms with Crippen molar-refractivity contribution in [2.24, 2.45) is 0 Å². The quantitative estimate of drug-likeness (QED) is 0.299. The van der Waals surface area contributed by atoms with Crippen molar-refractivity contribution in [3.8, 4) is 0 Å². The second kappa shape index (κ2) is 4.93. The number of benzene rings is 5. The molecule has 7 aromatic rings. The number of aromatic amines is 1. The lowest BCUT2D eigenvalue weighted by molar-refractivity contribution is 0.670. The molecule has 0 saturated carbocycles. The molecule has 0 aliphatic carbocycles. The third-order valence-electron chi connectivity index (χ3n) is 5.95. The van der Waals surface area contributed by atoms with Crippen LogP contribution in [0.15, 0.2) is 89.3 Å². The molecule has 0 amide bonds. The van der Waals surface area contributed by atoms with Gasteiger partial charge in [0.15, 0.2) is 0 Å². The molecule has 0 radical (unpaired) electrons. The van der Waals surface area contributed by atoms with Crippen LogP contribution < -0.4 is 0 Å². The SMILES string of the molecule is c1ccc2cc3c(cc2c1)oc1cc2[nH]c4ccc5ccccc5c4c2cc13. The van der Waals surface area contributed by atoms with E-state index in [0.717, 1.165) is 22.2 Å². The summed E-state index contributed by atoms with van der Waals surface area (Å²) in [6.07, 6.45) is 0. The zero-order valence-corrected chi connectivity index (χ0v) is 15.0. The van der Waals surface area contributed by atoms with Crippen molar-refractivity contribution in [3.63, 3.8) is 0 Å². The van der Waals surface area contributed by atoms with Crippen LogP contribution in [0.4, 0.5) is 0 Å². The number of furan rings is 1. The summed E-state index contributed by atoms with van der Waals surface area (Å²) in [5.74, 6) is 0. The highest BCUT2D eigenvalue weighted by molar-refractivity contribution is 6.24. The number of aromatic nitrogens is 1. The van der Waals surface area contributed by atoms with Gasteiger partial charge in [-0.2, -0.15) is 0 Å². The Labute approximate surface area is 160 Å². The molecule has 5 aromatic carbocycles. The highest BCUT2D eigenvalue weighted by Gasteiger charge is 2.14. The van der Waals surface area contributed by atoms with E-state index in [2.05, 4.69) is 89.9 Å². The van der Waals surface area contributed by atoms with Crippen molar-refractivity contribution in [1.82, 2.24) is 4.98 Å². The number of rotatable bonds is 0. The van der Waals surface area contributed by atoms with Crippen LogP contribution >= 0.6 is 0 Å². The molecule has 28 heavy (non-hydrogen) atoms. The third kappa shape index (κ3) is 1.77. The molecule has 0 bridgehead atoms. The second-order valence-corrected chi connectivity index (χ2v) is 7.53. The maximum atomic E-state index is 6.23. The highest BCUT2D eigenvalue weighted by Crippen LogP contribution is 2.38. The fourth-order valence-corrected chi connectivity index (χ4v) is 4.63. The van der Waals surface area contributed by atoms with Crippen LogP contribution in [0, 0.1) is 0 Å². The Morgan fingerprint density at radius 2 is 1.21 bits per heavy atom. The third-order valence-corrected chi connectivity index (χ3v) is 5.95. The molecule has 0 atom stereocenters. The average molecular weight is 357 g/mol. The predicted octanol–water partition coefficient (Wildman–Crippen LogP) is 7.53. The molecule has 2 heteroatoms. The molecule has 7 rings (SSSR count). The summed E-state index contributed by atoms with van der Waals surface area (Å²) in [6.45, 7) is 0. The largest absolute Gasteiger partial charge is 0.456 e. The Morgan fingerprint density at radius 3 is 2.11 bits per heavy atom. The number of H-pyrrole nitrogens is 1. The molecule has 0 unspecified atom stereocenters. The van der Waals surface area contributed by atoms with Gasteiger partial charge in [0.2, 0.25) is 0 Å². The first-order valence-electron chi connectivity index (χ1n) is 9.53. The first-order valence-corrected chi connectivity index (χ1v) is 9.53. The van der Waals surface area contributed by atoms with Crippen LogP contribution in [0.25, 0.3) is 65.3 Å². The van der Waals surface area contributed by atoms with Gasteiger partial charge in [-0.25, -0.2) is 0 Å². The van der Waals surface area contributed by atoms with E-state index in [4.69, 9.17) is 4.42 Å². The zero-order chi connectivity index (χ0) is 18.2. The van der Waals surface area contributed by atoms with Gasteiger partial charge in [-0.05, 0) is 45.8 Å². The molecule has 0 spiro atoms. The summed E-state index contributed by atoms with van der Waals surface area (Å²) < 4.78 is 6.23. The molecule has 0 aliphatic heterocycles. The lowest BCUT2D eigenvalue weighted by atomic mass is 10.0. The number of fused-ring (bicyclic) bond motifs is 9. The molecular formula is C26H15NO. The Balaban J connectivity index is 1.69. The van der Waals surface area contributed by atoms with E-state index in [1.807, 2.05) is 0 Å². The summed E-state index contributed by atoms with van der Waals surface area (Å²) >= 11 is 0. The molecule has 1 N–H and O–H groups in total. The molecule has 2 heterocycles. The van der Waals surface area contributed by atoms with Crippen LogP contribution in [-0.2, 0) is 0 Å². The van der Waals surface area contributed by atoms with E-state index in [0.29, 0.717) is 0 Å². The smallest absolute Gasteiger partial charge is 0.137 e. The van der Waals surface area contributed by atoms with Gasteiger partial charge in [-0.3, -0.25) is 0 Å². The Bertz CT molecular complexity index is 1720. The van der Waals surface area contributed by atoms with Crippen LogP contribution in [-0.4, -0.2) is 4.98 Å². The van der Waals surface area contributed by atoms with Gasteiger partial charge in [0, 0.05) is 33.1 Å². The minimum atomic E-state index is 0.925. The van der Waals surface area contributed by atoms with E-state index in [1.54, 1.807) is 0 Å².